The van der Waals surface area contributed by atoms with E-state index in [1.54, 1.807) is 13.0 Å². The van der Waals surface area contributed by atoms with Crippen molar-refractivity contribution in [2.24, 2.45) is 0 Å². The highest BCUT2D eigenvalue weighted by molar-refractivity contribution is 5.68. The van der Waals surface area contributed by atoms with Crippen molar-refractivity contribution >= 4 is 5.97 Å². The van der Waals surface area contributed by atoms with E-state index >= 15 is 0 Å². The lowest BCUT2D eigenvalue weighted by Gasteiger charge is -2.09. The monoisotopic (exact) mass is 419 g/mol. The number of aryl methyl sites for hydroxylation is 4. The smallest absolute Gasteiger partial charge is 0.416 e. The van der Waals surface area contributed by atoms with E-state index < -0.39 is 24.3 Å². The van der Waals surface area contributed by atoms with Gasteiger partial charge in [0, 0.05) is 0 Å². The lowest BCUT2D eigenvalue weighted by atomic mass is 10.0. The number of alkyl halides is 3. The lowest BCUT2D eigenvalue weighted by molar-refractivity contribution is -0.139. The largest absolute Gasteiger partial charge is 0.482 e. The highest BCUT2D eigenvalue weighted by atomic mass is 19.4. The van der Waals surface area contributed by atoms with Gasteiger partial charge in [-0.3, -0.25) is 0 Å². The van der Waals surface area contributed by atoms with E-state index in [9.17, 15) is 18.0 Å². The Balaban J connectivity index is 1.68. The Labute approximate surface area is 170 Å². The molecular weight excluding hydrogens is 399 g/mol. The van der Waals surface area contributed by atoms with E-state index in [0.29, 0.717) is 30.0 Å². The molecule has 3 rings (SSSR count). The first-order valence-electron chi connectivity index (χ1n) is 9.18. The second-order valence-corrected chi connectivity index (χ2v) is 6.85. The van der Waals surface area contributed by atoms with Gasteiger partial charge >= 0.3 is 12.1 Å². The van der Waals surface area contributed by atoms with E-state index in [-0.39, 0.29) is 0 Å². The first kappa shape index (κ1) is 21.4. The van der Waals surface area contributed by atoms with Crippen molar-refractivity contribution in [1.82, 2.24) is 15.0 Å². The van der Waals surface area contributed by atoms with Gasteiger partial charge < -0.3 is 9.84 Å². The number of benzene rings is 2. The van der Waals surface area contributed by atoms with Crippen molar-refractivity contribution in [2.45, 2.75) is 32.9 Å². The van der Waals surface area contributed by atoms with Crippen LogP contribution >= 0.6 is 0 Å². The Morgan fingerprint density at radius 3 is 2.37 bits per heavy atom. The fourth-order valence-corrected chi connectivity index (χ4v) is 2.97. The third-order valence-electron chi connectivity index (χ3n) is 4.54. The summed E-state index contributed by atoms with van der Waals surface area (Å²) in [7, 11) is 0. The third-order valence-corrected chi connectivity index (χ3v) is 4.54. The second kappa shape index (κ2) is 8.56. The van der Waals surface area contributed by atoms with Crippen LogP contribution in [0.15, 0.2) is 42.5 Å². The second-order valence-electron chi connectivity index (χ2n) is 6.85. The predicted molar refractivity (Wildman–Crippen MR) is 103 cm³/mol. The number of aromatic nitrogens is 3. The van der Waals surface area contributed by atoms with Crippen molar-refractivity contribution in [2.75, 3.05) is 6.61 Å². The number of carboxylic acid groups (broad SMARTS) is 1. The number of rotatable bonds is 7. The predicted octanol–water partition coefficient (Wildman–Crippen LogP) is 4.15. The van der Waals surface area contributed by atoms with Crippen LogP contribution < -0.4 is 4.74 Å². The Morgan fingerprint density at radius 1 is 1.07 bits per heavy atom. The van der Waals surface area contributed by atoms with Crippen molar-refractivity contribution < 1.29 is 27.8 Å². The molecule has 3 aromatic rings. The standard InChI is InChI=1S/C21H20F3N3O3/c1-13-11-15(4-10-19(13)30-12-20(28)29)3-9-18-14(2)25-27(26-18)17-7-5-16(6-8-17)21(22,23)24/h4-8,10-11H,3,9,12H2,1-2H3,(H,28,29). The number of halogens is 3. The van der Waals surface area contributed by atoms with Gasteiger partial charge in [0.15, 0.2) is 6.61 Å². The Morgan fingerprint density at radius 2 is 1.77 bits per heavy atom. The summed E-state index contributed by atoms with van der Waals surface area (Å²) in [6, 6.07) is 10.2. The molecule has 0 atom stereocenters. The fraction of sp³-hybridized carbons (Fsp3) is 0.286. The van der Waals surface area contributed by atoms with Crippen LogP contribution in [0.5, 0.6) is 5.75 Å². The molecule has 6 nitrogen and oxygen atoms in total. The van der Waals surface area contributed by atoms with Crippen LogP contribution in [-0.2, 0) is 23.8 Å². The SMILES string of the molecule is Cc1cc(CCc2nn(-c3ccc(C(F)(F)F)cc3)nc2C)ccc1OCC(=O)O. The molecule has 0 aliphatic rings. The van der Waals surface area contributed by atoms with Gasteiger partial charge in [0.25, 0.3) is 0 Å². The summed E-state index contributed by atoms with van der Waals surface area (Å²) >= 11 is 0. The number of carbonyl (C=O) groups is 1. The molecule has 0 saturated heterocycles. The van der Waals surface area contributed by atoms with Crippen molar-refractivity contribution in [1.29, 1.82) is 0 Å². The average molecular weight is 419 g/mol. The maximum Gasteiger partial charge on any atom is 0.416 e. The van der Waals surface area contributed by atoms with Crippen LogP contribution in [-0.4, -0.2) is 32.7 Å². The lowest BCUT2D eigenvalue weighted by Crippen LogP contribution is -2.10. The van der Waals surface area contributed by atoms with E-state index in [1.165, 1.54) is 16.9 Å². The van der Waals surface area contributed by atoms with Crippen LogP contribution in [0.4, 0.5) is 13.2 Å². The minimum absolute atomic E-state index is 0.396. The summed E-state index contributed by atoms with van der Waals surface area (Å²) in [5.41, 5.74) is 3.04. The number of carboxylic acids is 1. The molecule has 1 aromatic heterocycles. The van der Waals surface area contributed by atoms with Gasteiger partial charge in [-0.05, 0) is 68.1 Å². The van der Waals surface area contributed by atoms with Gasteiger partial charge in [0.05, 0.1) is 22.6 Å². The molecule has 0 amide bonds. The molecule has 0 unspecified atom stereocenters. The van der Waals surface area contributed by atoms with E-state index in [2.05, 4.69) is 10.2 Å². The molecule has 9 heteroatoms. The van der Waals surface area contributed by atoms with Gasteiger partial charge in [0.1, 0.15) is 5.75 Å². The minimum atomic E-state index is -4.39. The zero-order chi connectivity index (χ0) is 21.9. The van der Waals surface area contributed by atoms with Gasteiger partial charge in [-0.15, -0.1) is 0 Å². The molecule has 0 spiro atoms. The zero-order valence-corrected chi connectivity index (χ0v) is 16.4. The number of nitrogens with zero attached hydrogens (tertiary/aromatic N) is 3. The molecule has 0 fully saturated rings. The highest BCUT2D eigenvalue weighted by Crippen LogP contribution is 2.29. The molecule has 158 valence electrons. The summed E-state index contributed by atoms with van der Waals surface area (Å²) in [6.07, 6.45) is -3.11. The topological polar surface area (TPSA) is 77.2 Å². The number of hydrogen-bond donors (Lipinski definition) is 1. The van der Waals surface area contributed by atoms with Crippen molar-refractivity contribution in [3.63, 3.8) is 0 Å². The molecule has 30 heavy (non-hydrogen) atoms. The van der Waals surface area contributed by atoms with Crippen LogP contribution in [0.1, 0.15) is 28.1 Å². The van der Waals surface area contributed by atoms with Gasteiger partial charge in [-0.1, -0.05) is 12.1 Å². The number of ether oxygens (including phenoxy) is 1. The summed E-state index contributed by atoms with van der Waals surface area (Å²) in [4.78, 5) is 11.9. The van der Waals surface area contributed by atoms with Gasteiger partial charge in [0.2, 0.25) is 0 Å². The zero-order valence-electron chi connectivity index (χ0n) is 16.4. The molecule has 2 aromatic carbocycles. The van der Waals surface area contributed by atoms with Crippen molar-refractivity contribution in [3.05, 3.63) is 70.5 Å². The quantitative estimate of drug-likeness (QED) is 0.623. The number of aliphatic carboxylic acids is 1. The van der Waals surface area contributed by atoms with Crippen LogP contribution in [0.3, 0.4) is 0 Å². The fourth-order valence-electron chi connectivity index (χ4n) is 2.97. The first-order chi connectivity index (χ1) is 14.1. The molecule has 0 bridgehead atoms. The normalized spacial score (nSPS) is 11.5. The third kappa shape index (κ3) is 5.16. The molecule has 0 aliphatic carbocycles. The van der Waals surface area contributed by atoms with E-state index in [0.717, 1.165) is 29.0 Å². The maximum absolute atomic E-state index is 12.7. The molecule has 0 saturated carbocycles. The molecular formula is C21H20F3N3O3. The van der Waals surface area contributed by atoms with Gasteiger partial charge in [-0.2, -0.15) is 28.2 Å². The van der Waals surface area contributed by atoms with E-state index in [1.807, 2.05) is 19.1 Å². The van der Waals surface area contributed by atoms with Crippen LogP contribution in [0, 0.1) is 13.8 Å². The van der Waals surface area contributed by atoms with Crippen LogP contribution in [0.25, 0.3) is 5.69 Å². The van der Waals surface area contributed by atoms with Crippen LogP contribution in [0.2, 0.25) is 0 Å². The molecule has 1 heterocycles. The Kier molecular flexibility index (Phi) is 6.09. The Hall–Kier alpha value is -3.36. The minimum Gasteiger partial charge on any atom is -0.482 e. The summed E-state index contributed by atoms with van der Waals surface area (Å²) < 4.78 is 43.4. The van der Waals surface area contributed by atoms with Gasteiger partial charge in [-0.25, -0.2) is 4.79 Å². The number of hydrogen-bond acceptors (Lipinski definition) is 4. The first-order valence-corrected chi connectivity index (χ1v) is 9.18. The Bertz CT molecular complexity index is 1040. The average Bonchev–Trinajstić information content (AvgIpc) is 3.05. The summed E-state index contributed by atoms with van der Waals surface area (Å²) in [6.45, 7) is 3.25. The van der Waals surface area contributed by atoms with E-state index in [4.69, 9.17) is 9.84 Å². The summed E-state index contributed by atoms with van der Waals surface area (Å²) in [5, 5.41) is 17.4. The van der Waals surface area contributed by atoms with Crippen molar-refractivity contribution in [3.8, 4) is 11.4 Å². The maximum atomic E-state index is 12.7. The molecule has 0 aliphatic heterocycles. The summed E-state index contributed by atoms with van der Waals surface area (Å²) in [5.74, 6) is -0.518. The molecule has 1 N–H and O–H groups in total. The molecule has 0 radical (unpaired) electrons. The highest BCUT2D eigenvalue weighted by Gasteiger charge is 2.30.